The monoisotopic (exact) mass is 355 g/mol. The molecule has 0 unspecified atom stereocenters. The number of guanidine groups is 1. The highest BCUT2D eigenvalue weighted by molar-refractivity contribution is 5.77. The van der Waals surface area contributed by atoms with E-state index in [9.17, 15) is 0 Å². The summed E-state index contributed by atoms with van der Waals surface area (Å²) in [5.41, 5.74) is 8.44. The van der Waals surface area contributed by atoms with Crippen LogP contribution in [0.1, 0.15) is 25.0 Å². The Morgan fingerprint density at radius 3 is 2.35 bits per heavy atom. The summed E-state index contributed by atoms with van der Waals surface area (Å²) >= 11 is 0. The number of hydrogen-bond donors (Lipinski definition) is 2. The van der Waals surface area contributed by atoms with Gasteiger partial charge in [0.15, 0.2) is 17.5 Å². The van der Waals surface area contributed by atoms with Crippen molar-refractivity contribution in [2.75, 3.05) is 20.8 Å². The van der Waals surface area contributed by atoms with E-state index < -0.39 is 0 Å². The molecule has 26 heavy (non-hydrogen) atoms. The van der Waals surface area contributed by atoms with E-state index in [-0.39, 0.29) is 5.41 Å². The van der Waals surface area contributed by atoms with Crippen LogP contribution in [0.3, 0.4) is 0 Å². The van der Waals surface area contributed by atoms with Crippen molar-refractivity contribution >= 4 is 5.96 Å². The molecule has 2 aromatic carbocycles. The van der Waals surface area contributed by atoms with Gasteiger partial charge in [0.2, 0.25) is 0 Å². The molecule has 0 saturated carbocycles. The van der Waals surface area contributed by atoms with Gasteiger partial charge in [-0.1, -0.05) is 50.2 Å². The molecular weight excluding hydrogens is 326 g/mol. The Balaban J connectivity index is 1.89. The number of nitrogens with one attached hydrogen (secondary N) is 1. The van der Waals surface area contributed by atoms with Crippen LogP contribution in [0.4, 0.5) is 0 Å². The van der Waals surface area contributed by atoms with Crippen LogP contribution >= 0.6 is 0 Å². The number of hydrogen-bond acceptors (Lipinski definition) is 3. The van der Waals surface area contributed by atoms with Crippen LogP contribution < -0.4 is 20.5 Å². The standard InChI is InChI=1S/C21H29N3O2/c1-21(2,13-16-8-6-5-7-9-16)15-24-20(22)23-14-17-10-11-18(25-3)19(12-17)26-4/h5-12H,13-15H2,1-4H3,(H3,22,23,24). The number of benzene rings is 2. The van der Waals surface area contributed by atoms with E-state index >= 15 is 0 Å². The SMILES string of the molecule is COc1ccc(CN=C(N)NCC(C)(C)Cc2ccccc2)cc1OC. The Kier molecular flexibility index (Phi) is 6.89. The zero-order chi connectivity index (χ0) is 19.0. The lowest BCUT2D eigenvalue weighted by Crippen LogP contribution is -2.39. The first-order chi connectivity index (χ1) is 12.4. The zero-order valence-corrected chi connectivity index (χ0v) is 16.1. The second-order valence-corrected chi connectivity index (χ2v) is 7.07. The van der Waals surface area contributed by atoms with Gasteiger partial charge < -0.3 is 20.5 Å². The van der Waals surface area contributed by atoms with Gasteiger partial charge in [0.25, 0.3) is 0 Å². The van der Waals surface area contributed by atoms with Gasteiger partial charge >= 0.3 is 0 Å². The largest absolute Gasteiger partial charge is 0.493 e. The minimum absolute atomic E-state index is 0.0742. The van der Waals surface area contributed by atoms with E-state index in [0.29, 0.717) is 24.0 Å². The molecule has 5 nitrogen and oxygen atoms in total. The molecule has 0 bridgehead atoms. The van der Waals surface area contributed by atoms with Crippen molar-refractivity contribution < 1.29 is 9.47 Å². The highest BCUT2D eigenvalue weighted by Gasteiger charge is 2.18. The molecule has 0 saturated heterocycles. The first-order valence-electron chi connectivity index (χ1n) is 8.72. The van der Waals surface area contributed by atoms with Crippen LogP contribution in [0.2, 0.25) is 0 Å². The third kappa shape index (κ3) is 5.99. The van der Waals surface area contributed by atoms with Crippen molar-refractivity contribution in [3.63, 3.8) is 0 Å². The highest BCUT2D eigenvalue weighted by atomic mass is 16.5. The minimum Gasteiger partial charge on any atom is -0.493 e. The maximum Gasteiger partial charge on any atom is 0.188 e. The topological polar surface area (TPSA) is 68.9 Å². The van der Waals surface area contributed by atoms with Crippen molar-refractivity contribution in [2.45, 2.75) is 26.8 Å². The first kappa shape index (κ1) is 19.6. The number of methoxy groups -OCH3 is 2. The summed E-state index contributed by atoms with van der Waals surface area (Å²) in [6, 6.07) is 16.2. The number of nitrogens with zero attached hydrogens (tertiary/aromatic N) is 1. The number of ether oxygens (including phenoxy) is 2. The molecule has 0 fully saturated rings. The predicted molar refractivity (Wildman–Crippen MR) is 107 cm³/mol. The van der Waals surface area contributed by atoms with Gasteiger partial charge in [-0.2, -0.15) is 0 Å². The molecule has 0 aliphatic heterocycles. The Hall–Kier alpha value is -2.69. The van der Waals surface area contributed by atoms with Crippen molar-refractivity contribution in [1.29, 1.82) is 0 Å². The van der Waals surface area contributed by atoms with Crippen molar-refractivity contribution in [3.05, 3.63) is 59.7 Å². The number of nitrogens with two attached hydrogens (primary N) is 1. The zero-order valence-electron chi connectivity index (χ0n) is 16.1. The molecule has 140 valence electrons. The molecular formula is C21H29N3O2. The Bertz CT molecular complexity index is 727. The van der Waals surface area contributed by atoms with Crippen LogP contribution in [-0.2, 0) is 13.0 Å². The normalized spacial score (nSPS) is 11.9. The van der Waals surface area contributed by atoms with Crippen LogP contribution in [0.15, 0.2) is 53.5 Å². The quantitative estimate of drug-likeness (QED) is 0.563. The van der Waals surface area contributed by atoms with Crippen LogP contribution in [0, 0.1) is 5.41 Å². The summed E-state index contributed by atoms with van der Waals surface area (Å²) < 4.78 is 10.6. The molecule has 0 heterocycles. The summed E-state index contributed by atoms with van der Waals surface area (Å²) in [4.78, 5) is 4.42. The van der Waals surface area contributed by atoms with E-state index in [4.69, 9.17) is 15.2 Å². The van der Waals surface area contributed by atoms with Crippen LogP contribution in [-0.4, -0.2) is 26.7 Å². The Morgan fingerprint density at radius 1 is 1.00 bits per heavy atom. The summed E-state index contributed by atoms with van der Waals surface area (Å²) in [5, 5.41) is 3.24. The van der Waals surface area contributed by atoms with Gasteiger partial charge in [-0.25, -0.2) is 4.99 Å². The second-order valence-electron chi connectivity index (χ2n) is 7.07. The second kappa shape index (κ2) is 9.13. The fourth-order valence-electron chi connectivity index (χ4n) is 2.75. The summed E-state index contributed by atoms with van der Waals surface area (Å²) in [6.45, 7) is 5.67. The Labute approximate surface area is 156 Å². The fraction of sp³-hybridized carbons (Fsp3) is 0.381. The molecule has 0 aliphatic rings. The van der Waals surface area contributed by atoms with Crippen molar-refractivity contribution in [2.24, 2.45) is 16.1 Å². The van der Waals surface area contributed by atoms with E-state index in [2.05, 4.69) is 48.4 Å². The molecule has 5 heteroatoms. The lowest BCUT2D eigenvalue weighted by atomic mass is 9.86. The summed E-state index contributed by atoms with van der Waals surface area (Å²) in [6.07, 6.45) is 0.976. The maximum atomic E-state index is 6.03. The predicted octanol–water partition coefficient (Wildman–Crippen LogP) is 3.38. The average molecular weight is 355 g/mol. The summed E-state index contributed by atoms with van der Waals surface area (Å²) in [7, 11) is 3.24. The van der Waals surface area contributed by atoms with E-state index in [0.717, 1.165) is 18.5 Å². The lowest BCUT2D eigenvalue weighted by Gasteiger charge is -2.25. The lowest BCUT2D eigenvalue weighted by molar-refractivity contribution is 0.354. The number of rotatable bonds is 8. The first-order valence-corrected chi connectivity index (χ1v) is 8.72. The third-order valence-electron chi connectivity index (χ3n) is 4.15. The smallest absolute Gasteiger partial charge is 0.188 e. The molecule has 0 spiro atoms. The molecule has 0 atom stereocenters. The number of aliphatic imine (C=N–C) groups is 1. The van der Waals surface area contributed by atoms with E-state index in [1.54, 1.807) is 14.2 Å². The molecule has 2 aromatic rings. The third-order valence-corrected chi connectivity index (χ3v) is 4.15. The van der Waals surface area contributed by atoms with Gasteiger partial charge in [0.1, 0.15) is 0 Å². The molecule has 3 N–H and O–H groups in total. The highest BCUT2D eigenvalue weighted by Crippen LogP contribution is 2.27. The minimum atomic E-state index is 0.0742. The molecule has 0 radical (unpaired) electrons. The molecule has 0 aliphatic carbocycles. The van der Waals surface area contributed by atoms with Gasteiger partial charge in [-0.15, -0.1) is 0 Å². The van der Waals surface area contributed by atoms with Gasteiger partial charge in [-0.05, 0) is 35.1 Å². The van der Waals surface area contributed by atoms with E-state index in [1.807, 2.05) is 24.3 Å². The van der Waals surface area contributed by atoms with Crippen LogP contribution in [0.5, 0.6) is 11.5 Å². The van der Waals surface area contributed by atoms with Crippen LogP contribution in [0.25, 0.3) is 0 Å². The Morgan fingerprint density at radius 2 is 1.69 bits per heavy atom. The molecule has 2 rings (SSSR count). The van der Waals surface area contributed by atoms with Gasteiger partial charge in [-0.3, -0.25) is 0 Å². The van der Waals surface area contributed by atoms with Gasteiger partial charge in [0, 0.05) is 6.54 Å². The summed E-state index contributed by atoms with van der Waals surface area (Å²) in [5.74, 6) is 1.84. The maximum absolute atomic E-state index is 6.03. The van der Waals surface area contributed by atoms with Crippen molar-refractivity contribution in [1.82, 2.24) is 5.32 Å². The average Bonchev–Trinajstić information content (AvgIpc) is 2.65. The van der Waals surface area contributed by atoms with Crippen molar-refractivity contribution in [3.8, 4) is 11.5 Å². The molecule has 0 amide bonds. The fourth-order valence-corrected chi connectivity index (χ4v) is 2.75. The molecule has 0 aromatic heterocycles. The van der Waals surface area contributed by atoms with Gasteiger partial charge in [0.05, 0.1) is 20.8 Å². The van der Waals surface area contributed by atoms with E-state index in [1.165, 1.54) is 5.56 Å².